The lowest BCUT2D eigenvalue weighted by Crippen LogP contribution is -2.51. The van der Waals surface area contributed by atoms with Crippen LogP contribution in [-0.2, 0) is 26.2 Å². The molecule has 0 unspecified atom stereocenters. The summed E-state index contributed by atoms with van der Waals surface area (Å²) in [5.74, 6) is -0.853. The predicted octanol–water partition coefficient (Wildman–Crippen LogP) is 4.74. The number of nitrogens with zero attached hydrogens (tertiary/aromatic N) is 3. The van der Waals surface area contributed by atoms with Gasteiger partial charge in [0.15, 0.2) is 0 Å². The zero-order valence-electron chi connectivity index (χ0n) is 22.4. The van der Waals surface area contributed by atoms with Crippen LogP contribution in [0.1, 0.15) is 26.3 Å². The molecule has 12 heteroatoms. The third kappa shape index (κ3) is 7.89. The second kappa shape index (κ2) is 13.5. The zero-order chi connectivity index (χ0) is 29.4. The van der Waals surface area contributed by atoms with Crippen molar-refractivity contribution >= 4 is 49.1 Å². The van der Waals surface area contributed by atoms with Gasteiger partial charge in [0, 0.05) is 29.7 Å². The van der Waals surface area contributed by atoms with Crippen molar-refractivity contribution in [2.24, 2.45) is 5.92 Å². The number of benzene rings is 3. The van der Waals surface area contributed by atoms with Gasteiger partial charge in [-0.25, -0.2) is 8.42 Å². The molecular weight excluding hydrogens is 600 g/mol. The van der Waals surface area contributed by atoms with Crippen LogP contribution in [0.25, 0.3) is 0 Å². The standard InChI is InChI=1S/C28H31BrN4O6S/c1-20(2)17-30-28(35)21(3)31(18-22-9-7-10-23(29)15-22)27(34)19-32(24-11-8-12-25(16-24)33(36)37)40(38,39)26-13-5-4-6-14-26/h4-16,20-21H,17-19H2,1-3H3,(H,30,35)/t21-/m0/s1. The Morgan fingerprint density at radius 3 is 2.27 bits per heavy atom. The number of carbonyl (C=O) groups is 2. The Bertz CT molecular complexity index is 1470. The van der Waals surface area contributed by atoms with Crippen LogP contribution in [0, 0.1) is 16.0 Å². The maximum atomic E-state index is 13.9. The van der Waals surface area contributed by atoms with Crippen LogP contribution in [0.5, 0.6) is 0 Å². The van der Waals surface area contributed by atoms with Crippen molar-refractivity contribution in [3.63, 3.8) is 0 Å². The highest BCUT2D eigenvalue weighted by molar-refractivity contribution is 9.10. The lowest BCUT2D eigenvalue weighted by atomic mass is 10.1. The van der Waals surface area contributed by atoms with Crippen LogP contribution in [0.4, 0.5) is 11.4 Å². The fraction of sp³-hybridized carbons (Fsp3) is 0.286. The molecule has 0 spiro atoms. The molecule has 0 saturated heterocycles. The van der Waals surface area contributed by atoms with E-state index in [4.69, 9.17) is 0 Å². The van der Waals surface area contributed by atoms with E-state index in [-0.39, 0.29) is 34.6 Å². The van der Waals surface area contributed by atoms with Crippen LogP contribution >= 0.6 is 15.9 Å². The number of carbonyl (C=O) groups excluding carboxylic acids is 2. The molecule has 212 valence electrons. The molecule has 0 bridgehead atoms. The number of hydrogen-bond acceptors (Lipinski definition) is 6. The van der Waals surface area contributed by atoms with Crippen LogP contribution in [0.2, 0.25) is 0 Å². The van der Waals surface area contributed by atoms with Crippen molar-refractivity contribution in [3.8, 4) is 0 Å². The minimum Gasteiger partial charge on any atom is -0.354 e. The highest BCUT2D eigenvalue weighted by atomic mass is 79.9. The van der Waals surface area contributed by atoms with Gasteiger partial charge in [-0.2, -0.15) is 0 Å². The molecule has 40 heavy (non-hydrogen) atoms. The molecular formula is C28H31BrN4O6S. The molecule has 0 saturated carbocycles. The summed E-state index contributed by atoms with van der Waals surface area (Å²) in [6.45, 7) is 5.22. The van der Waals surface area contributed by atoms with E-state index in [1.54, 1.807) is 43.3 Å². The first-order valence-electron chi connectivity index (χ1n) is 12.5. The van der Waals surface area contributed by atoms with Gasteiger partial charge in [0.2, 0.25) is 11.8 Å². The van der Waals surface area contributed by atoms with Crippen molar-refractivity contribution in [2.75, 3.05) is 17.4 Å². The first kappa shape index (κ1) is 30.8. The Kier molecular flexibility index (Phi) is 10.4. The molecule has 0 radical (unpaired) electrons. The van der Waals surface area contributed by atoms with Crippen LogP contribution in [0.3, 0.4) is 0 Å². The van der Waals surface area contributed by atoms with Gasteiger partial charge in [0.25, 0.3) is 15.7 Å². The van der Waals surface area contributed by atoms with E-state index in [9.17, 15) is 28.1 Å². The zero-order valence-corrected chi connectivity index (χ0v) is 24.8. The summed E-state index contributed by atoms with van der Waals surface area (Å²) in [4.78, 5) is 38.9. The topological polar surface area (TPSA) is 130 Å². The van der Waals surface area contributed by atoms with Gasteiger partial charge in [-0.1, -0.05) is 66.2 Å². The highest BCUT2D eigenvalue weighted by Crippen LogP contribution is 2.27. The monoisotopic (exact) mass is 630 g/mol. The minimum absolute atomic E-state index is 0.0305. The quantitative estimate of drug-likeness (QED) is 0.227. The third-order valence-corrected chi connectivity index (χ3v) is 8.31. The van der Waals surface area contributed by atoms with Gasteiger partial charge in [-0.15, -0.1) is 0 Å². The molecule has 0 aliphatic carbocycles. The average molecular weight is 632 g/mol. The average Bonchev–Trinajstić information content (AvgIpc) is 2.93. The van der Waals surface area contributed by atoms with Crippen molar-refractivity contribution in [1.29, 1.82) is 0 Å². The molecule has 3 aromatic rings. The first-order chi connectivity index (χ1) is 18.9. The maximum Gasteiger partial charge on any atom is 0.271 e. The molecule has 0 heterocycles. The summed E-state index contributed by atoms with van der Waals surface area (Å²) >= 11 is 3.41. The number of nitrogens with one attached hydrogen (secondary N) is 1. The van der Waals surface area contributed by atoms with Crippen molar-refractivity contribution in [1.82, 2.24) is 10.2 Å². The predicted molar refractivity (Wildman–Crippen MR) is 156 cm³/mol. The van der Waals surface area contributed by atoms with Crippen molar-refractivity contribution in [2.45, 2.75) is 38.3 Å². The first-order valence-corrected chi connectivity index (χ1v) is 14.8. The molecule has 1 N–H and O–H groups in total. The van der Waals surface area contributed by atoms with E-state index in [1.807, 2.05) is 19.9 Å². The smallest absolute Gasteiger partial charge is 0.271 e. The second-order valence-corrected chi connectivity index (χ2v) is 12.3. The fourth-order valence-electron chi connectivity index (χ4n) is 3.88. The Morgan fingerprint density at radius 2 is 1.65 bits per heavy atom. The van der Waals surface area contributed by atoms with Crippen LogP contribution in [0.15, 0.2) is 88.2 Å². The summed E-state index contributed by atoms with van der Waals surface area (Å²) in [6, 6.07) is 18.9. The molecule has 3 aromatic carbocycles. The summed E-state index contributed by atoms with van der Waals surface area (Å²) < 4.78 is 29.1. The Balaban J connectivity index is 2.05. The van der Waals surface area contributed by atoms with Crippen LogP contribution in [-0.4, -0.2) is 49.2 Å². The Morgan fingerprint density at radius 1 is 0.975 bits per heavy atom. The van der Waals surface area contributed by atoms with E-state index in [0.29, 0.717) is 6.54 Å². The van der Waals surface area contributed by atoms with E-state index >= 15 is 0 Å². The Hall–Kier alpha value is -3.77. The molecule has 3 rings (SSSR count). The van der Waals surface area contributed by atoms with Gasteiger partial charge in [0.05, 0.1) is 15.5 Å². The minimum atomic E-state index is -4.32. The number of nitro benzene ring substituents is 1. The van der Waals surface area contributed by atoms with Crippen LogP contribution < -0.4 is 9.62 Å². The number of amides is 2. The van der Waals surface area contributed by atoms with Crippen molar-refractivity contribution < 1.29 is 22.9 Å². The molecule has 1 atom stereocenters. The molecule has 10 nitrogen and oxygen atoms in total. The summed E-state index contributed by atoms with van der Waals surface area (Å²) in [5, 5.41) is 14.3. The van der Waals surface area contributed by atoms with Gasteiger partial charge in [0.1, 0.15) is 12.6 Å². The van der Waals surface area contributed by atoms with E-state index in [1.165, 1.54) is 35.2 Å². The molecule has 0 fully saturated rings. The SMILES string of the molecule is CC(C)CNC(=O)[C@H](C)N(Cc1cccc(Br)c1)C(=O)CN(c1cccc([N+](=O)[O-])c1)S(=O)(=O)c1ccccc1. The molecule has 2 amide bonds. The van der Waals surface area contributed by atoms with Gasteiger partial charge < -0.3 is 10.2 Å². The van der Waals surface area contributed by atoms with Gasteiger partial charge in [-0.05, 0) is 48.7 Å². The summed E-state index contributed by atoms with van der Waals surface area (Å²) in [7, 11) is -4.32. The lowest BCUT2D eigenvalue weighted by molar-refractivity contribution is -0.384. The van der Waals surface area contributed by atoms with Gasteiger partial charge in [-0.3, -0.25) is 24.0 Å². The number of nitro groups is 1. The second-order valence-electron chi connectivity index (χ2n) is 9.57. The number of anilines is 1. The molecule has 0 aromatic heterocycles. The van der Waals surface area contributed by atoms with E-state index in [0.717, 1.165) is 20.4 Å². The highest BCUT2D eigenvalue weighted by Gasteiger charge is 2.33. The van der Waals surface area contributed by atoms with Gasteiger partial charge >= 0.3 is 0 Å². The number of rotatable bonds is 12. The number of sulfonamides is 1. The van der Waals surface area contributed by atoms with E-state index in [2.05, 4.69) is 21.2 Å². The molecule has 0 aliphatic rings. The van der Waals surface area contributed by atoms with Crippen molar-refractivity contribution in [3.05, 3.63) is 99.0 Å². The normalized spacial score (nSPS) is 12.0. The number of non-ortho nitro benzene ring substituents is 1. The third-order valence-electron chi connectivity index (χ3n) is 6.03. The fourth-order valence-corrected chi connectivity index (χ4v) is 5.75. The molecule has 0 aliphatic heterocycles. The maximum absolute atomic E-state index is 13.9. The summed E-state index contributed by atoms with van der Waals surface area (Å²) in [5.41, 5.74) is 0.343. The van der Waals surface area contributed by atoms with E-state index < -0.39 is 33.4 Å². The summed E-state index contributed by atoms with van der Waals surface area (Å²) in [6.07, 6.45) is 0. The largest absolute Gasteiger partial charge is 0.354 e. The lowest BCUT2D eigenvalue weighted by Gasteiger charge is -2.32. The number of hydrogen-bond donors (Lipinski definition) is 1. The number of halogens is 1. The Labute approximate surface area is 242 Å².